The zero-order chi connectivity index (χ0) is 41.6. The Morgan fingerprint density at radius 2 is 1.62 bits per heavy atom. The molecule has 1 aromatic carbocycles. The second-order valence-electron chi connectivity index (χ2n) is 16.0. The van der Waals surface area contributed by atoms with Crippen molar-refractivity contribution in [2.75, 3.05) is 54.2 Å². The Bertz CT molecular complexity index is 1430. The van der Waals surface area contributed by atoms with Gasteiger partial charge in [-0.3, -0.25) is 24.1 Å². The molecule has 15 nitrogen and oxygen atoms in total. The van der Waals surface area contributed by atoms with Gasteiger partial charge in [0, 0.05) is 51.0 Å². The number of likely N-dealkylation sites (tertiary alicyclic amines) is 1. The largest absolute Gasteiger partial charge is 0.399 e. The quantitative estimate of drug-likeness (QED) is 0.0674. The molecule has 9 atom stereocenters. The smallest absolute Gasteiger partial charge is 0.245 e. The van der Waals surface area contributed by atoms with Crippen LogP contribution in [0.25, 0.3) is 10.4 Å². The first-order valence-corrected chi connectivity index (χ1v) is 19.7. The highest BCUT2D eigenvalue weighted by molar-refractivity contribution is 5.90. The van der Waals surface area contributed by atoms with Crippen LogP contribution in [0.15, 0.2) is 29.4 Å². The number of ether oxygens (including phenoxy) is 2. The highest BCUT2D eigenvalue weighted by atomic mass is 16.5. The molecule has 15 heteroatoms. The Morgan fingerprint density at radius 1 is 0.982 bits per heavy atom. The minimum absolute atomic E-state index is 0.0151. The molecular weight excluding hydrogens is 702 g/mol. The minimum Gasteiger partial charge on any atom is -0.399 e. The average Bonchev–Trinajstić information content (AvgIpc) is 3.62. The molecule has 1 fully saturated rings. The average molecular weight is 772 g/mol. The number of hydrogen-bond donors (Lipinski definition) is 3. The number of carbonyl (C=O) groups is 4. The summed E-state index contributed by atoms with van der Waals surface area (Å²) in [6, 6.07) is 4.85. The van der Waals surface area contributed by atoms with Crippen LogP contribution < -0.4 is 16.4 Å². The highest BCUT2D eigenvalue weighted by Gasteiger charge is 2.43. The number of anilines is 1. The lowest BCUT2D eigenvalue weighted by atomic mass is 9.89. The van der Waals surface area contributed by atoms with Gasteiger partial charge in [0.05, 0.1) is 42.7 Å². The van der Waals surface area contributed by atoms with Gasteiger partial charge < -0.3 is 35.6 Å². The molecule has 1 aliphatic heterocycles. The second kappa shape index (κ2) is 22.6. The molecule has 0 aromatic heterocycles. The van der Waals surface area contributed by atoms with E-state index in [1.807, 2.05) is 72.7 Å². The van der Waals surface area contributed by atoms with Crippen molar-refractivity contribution in [2.24, 2.45) is 28.8 Å². The van der Waals surface area contributed by atoms with Crippen LogP contribution in [0.3, 0.4) is 0 Å². The number of azide groups is 1. The molecule has 0 bridgehead atoms. The standard InChI is InChI=1S/C40H69N9O6/c1-13-26(6)36(48(10)40(53)34(24(2)3)45-39(52)35(25(4)5)47(8)9)32(54-11)22-33(50)49-20-14-15-31(49)37(55-12)27(7)38(51)44-30(23-43-46-42)21-28-16-18-29(41)19-17-28/h16-19,24-27,30-32,34-37H,13-15,20-23,41H2,1-12H3,(H,44,51)(H,45,52)/t26-,27+,30-,31-,32+,34?,35-,36-,37+/m0/s1. The molecular formula is C40H69N9O6. The van der Waals surface area contributed by atoms with Gasteiger partial charge in [0.2, 0.25) is 23.6 Å². The van der Waals surface area contributed by atoms with Gasteiger partial charge in [0.15, 0.2) is 0 Å². The maximum Gasteiger partial charge on any atom is 0.245 e. The van der Waals surface area contributed by atoms with Crippen LogP contribution in [-0.4, -0.2) is 129 Å². The highest BCUT2D eigenvalue weighted by Crippen LogP contribution is 2.30. The Kier molecular flexibility index (Phi) is 19.4. The number of nitrogens with zero attached hydrogens (tertiary/aromatic N) is 6. The number of methoxy groups -OCH3 is 2. The summed E-state index contributed by atoms with van der Waals surface area (Å²) in [5, 5.41) is 9.79. The van der Waals surface area contributed by atoms with Crippen molar-refractivity contribution in [3.63, 3.8) is 0 Å². The Balaban J connectivity index is 2.28. The van der Waals surface area contributed by atoms with E-state index in [2.05, 4.69) is 20.7 Å². The lowest BCUT2D eigenvalue weighted by Gasteiger charge is -2.41. The number of carbonyl (C=O) groups excluding carboxylic acids is 4. The summed E-state index contributed by atoms with van der Waals surface area (Å²) in [5.41, 5.74) is 16.4. The van der Waals surface area contributed by atoms with Crippen molar-refractivity contribution in [1.82, 2.24) is 25.3 Å². The van der Waals surface area contributed by atoms with Crippen LogP contribution in [0.1, 0.15) is 79.7 Å². The van der Waals surface area contributed by atoms with E-state index in [4.69, 9.17) is 20.7 Å². The van der Waals surface area contributed by atoms with Crippen LogP contribution in [0.4, 0.5) is 5.69 Å². The van der Waals surface area contributed by atoms with Crippen LogP contribution in [0.2, 0.25) is 0 Å². The monoisotopic (exact) mass is 772 g/mol. The van der Waals surface area contributed by atoms with Gasteiger partial charge in [0.1, 0.15) is 6.04 Å². The molecule has 1 unspecified atom stereocenters. The molecule has 1 saturated heterocycles. The number of benzene rings is 1. The van der Waals surface area contributed by atoms with Gasteiger partial charge in [-0.05, 0) is 74.3 Å². The number of rotatable bonds is 22. The molecule has 4 amide bonds. The third-order valence-corrected chi connectivity index (χ3v) is 11.1. The maximum atomic E-state index is 14.2. The minimum atomic E-state index is -0.769. The molecule has 1 aromatic rings. The molecule has 0 spiro atoms. The Morgan fingerprint density at radius 3 is 2.13 bits per heavy atom. The fourth-order valence-corrected chi connectivity index (χ4v) is 7.98. The maximum absolute atomic E-state index is 14.2. The zero-order valence-electron chi connectivity index (χ0n) is 35.3. The lowest BCUT2D eigenvalue weighted by Crippen LogP contribution is -2.59. The molecule has 0 radical (unpaired) electrons. The van der Waals surface area contributed by atoms with E-state index in [9.17, 15) is 19.2 Å². The molecule has 0 aliphatic carbocycles. The molecule has 310 valence electrons. The summed E-state index contributed by atoms with van der Waals surface area (Å²) >= 11 is 0. The first-order valence-electron chi connectivity index (χ1n) is 19.7. The van der Waals surface area contributed by atoms with Crippen molar-refractivity contribution in [3.05, 3.63) is 40.3 Å². The summed E-state index contributed by atoms with van der Waals surface area (Å²) in [6.45, 7) is 14.2. The summed E-state index contributed by atoms with van der Waals surface area (Å²) < 4.78 is 12.0. The zero-order valence-corrected chi connectivity index (χ0v) is 35.3. The van der Waals surface area contributed by atoms with Gasteiger partial charge in [0.25, 0.3) is 0 Å². The summed E-state index contributed by atoms with van der Waals surface area (Å²) in [4.78, 5) is 63.8. The molecule has 4 N–H and O–H groups in total. The van der Waals surface area contributed by atoms with E-state index in [0.29, 0.717) is 25.1 Å². The van der Waals surface area contributed by atoms with E-state index >= 15 is 0 Å². The molecule has 1 heterocycles. The van der Waals surface area contributed by atoms with Gasteiger partial charge in [-0.25, -0.2) is 0 Å². The van der Waals surface area contributed by atoms with Crippen molar-refractivity contribution in [1.29, 1.82) is 0 Å². The molecule has 1 aliphatic rings. The van der Waals surface area contributed by atoms with Crippen LogP contribution in [-0.2, 0) is 35.1 Å². The molecule has 2 rings (SSSR count). The number of hydrogen-bond acceptors (Lipinski definition) is 9. The van der Waals surface area contributed by atoms with Crippen LogP contribution in [0.5, 0.6) is 0 Å². The van der Waals surface area contributed by atoms with Crippen molar-refractivity contribution >= 4 is 29.3 Å². The van der Waals surface area contributed by atoms with Crippen LogP contribution >= 0.6 is 0 Å². The van der Waals surface area contributed by atoms with E-state index in [-0.39, 0.29) is 60.4 Å². The van der Waals surface area contributed by atoms with Crippen molar-refractivity contribution < 1.29 is 28.7 Å². The third-order valence-electron chi connectivity index (χ3n) is 11.1. The van der Waals surface area contributed by atoms with Crippen LogP contribution in [0, 0.1) is 23.7 Å². The summed E-state index contributed by atoms with van der Waals surface area (Å²) in [6.07, 6.45) is 1.34. The topological polar surface area (TPSA) is 195 Å². The second-order valence-corrected chi connectivity index (χ2v) is 16.0. The third kappa shape index (κ3) is 13.1. The van der Waals surface area contributed by atoms with E-state index in [1.54, 1.807) is 50.1 Å². The number of amides is 4. The SMILES string of the molecule is CC[C@H](C)[C@@H]([C@@H](CC(=O)N1CCC[C@H]1[C@H](OC)[C@@H](C)C(=O)N[C@H](CN=[N+]=[N-])Cc1ccc(N)cc1)OC)N(C)C(=O)C(NC(=O)[C@H](C(C)C)N(C)C)C(C)C. The number of likely N-dealkylation sites (N-methyl/N-ethyl adjacent to an activating group) is 2. The van der Waals surface area contributed by atoms with Gasteiger partial charge in [-0.15, -0.1) is 0 Å². The van der Waals surface area contributed by atoms with Crippen molar-refractivity contribution in [2.45, 2.75) is 123 Å². The summed E-state index contributed by atoms with van der Waals surface area (Å²) in [7, 11) is 8.53. The van der Waals surface area contributed by atoms with E-state index in [1.165, 1.54) is 0 Å². The Hall–Kier alpha value is -3.91. The van der Waals surface area contributed by atoms with E-state index < -0.39 is 42.3 Å². The van der Waals surface area contributed by atoms with E-state index in [0.717, 1.165) is 18.4 Å². The first-order chi connectivity index (χ1) is 25.9. The first kappa shape index (κ1) is 47.2. The van der Waals surface area contributed by atoms with Gasteiger partial charge in [-0.2, -0.15) is 0 Å². The summed E-state index contributed by atoms with van der Waals surface area (Å²) in [5.74, 6) is -1.68. The van der Waals surface area contributed by atoms with Gasteiger partial charge >= 0.3 is 0 Å². The van der Waals surface area contributed by atoms with Crippen molar-refractivity contribution in [3.8, 4) is 0 Å². The number of nitrogens with one attached hydrogen (secondary N) is 2. The normalized spacial score (nSPS) is 18.8. The predicted molar refractivity (Wildman–Crippen MR) is 216 cm³/mol. The Labute approximate surface area is 329 Å². The number of nitrogens with two attached hydrogens (primary N) is 1. The molecule has 55 heavy (non-hydrogen) atoms. The molecule has 0 saturated carbocycles. The fourth-order valence-electron chi connectivity index (χ4n) is 7.98. The van der Waals surface area contributed by atoms with Gasteiger partial charge in [-0.1, -0.05) is 72.1 Å². The predicted octanol–water partition coefficient (Wildman–Crippen LogP) is 4.25. The lowest BCUT2D eigenvalue weighted by molar-refractivity contribution is -0.148. The fraction of sp³-hybridized carbons (Fsp3) is 0.750. The number of nitrogen functional groups attached to an aromatic ring is 1.